The lowest BCUT2D eigenvalue weighted by Gasteiger charge is -2.20. The average Bonchev–Trinajstić information content (AvgIpc) is 2.96. The first-order chi connectivity index (χ1) is 8.20. The van der Waals surface area contributed by atoms with Crippen LogP contribution in [0.5, 0.6) is 0 Å². The van der Waals surface area contributed by atoms with Gasteiger partial charge in [-0.15, -0.1) is 0 Å². The van der Waals surface area contributed by atoms with E-state index >= 15 is 0 Å². The zero-order valence-electron chi connectivity index (χ0n) is 11.6. The molecule has 2 fully saturated rings. The van der Waals surface area contributed by atoms with Gasteiger partial charge in [0, 0.05) is 12.8 Å². The lowest BCUT2D eigenvalue weighted by atomic mass is 9.98. The van der Waals surface area contributed by atoms with Gasteiger partial charge in [-0.25, -0.2) is 0 Å². The van der Waals surface area contributed by atoms with E-state index < -0.39 is 0 Å². The van der Waals surface area contributed by atoms with Gasteiger partial charge in [0.25, 0.3) is 5.79 Å². The lowest BCUT2D eigenvalue weighted by Crippen LogP contribution is -2.24. The van der Waals surface area contributed by atoms with Crippen molar-refractivity contribution < 1.29 is 9.47 Å². The summed E-state index contributed by atoms with van der Waals surface area (Å²) in [5.41, 5.74) is 2.72. The van der Waals surface area contributed by atoms with Crippen molar-refractivity contribution in [3.8, 4) is 0 Å². The molecule has 0 bridgehead atoms. The molecule has 0 aromatic heterocycles. The van der Waals surface area contributed by atoms with Crippen LogP contribution in [0.15, 0.2) is 22.7 Å². The van der Waals surface area contributed by atoms with Crippen LogP contribution in [0.1, 0.15) is 66.2 Å². The molecule has 1 saturated heterocycles. The number of hydrogen-bond acceptors (Lipinski definition) is 2. The fourth-order valence-corrected chi connectivity index (χ4v) is 2.77. The Morgan fingerprint density at radius 1 is 0.824 bits per heavy atom. The third kappa shape index (κ3) is 2.10. The Hall–Kier alpha value is -0.920. The minimum absolute atomic E-state index is 0.280. The van der Waals surface area contributed by atoms with Crippen LogP contribution in [-0.2, 0) is 9.47 Å². The summed E-state index contributed by atoms with van der Waals surface area (Å²) in [6.07, 6.45) is 6.84. The molecule has 1 saturated carbocycles. The maximum Gasteiger partial charge on any atom is 0.251 e. The van der Waals surface area contributed by atoms with Crippen molar-refractivity contribution in [2.75, 3.05) is 0 Å². The van der Waals surface area contributed by atoms with Gasteiger partial charge in [0.15, 0.2) is 11.5 Å². The molecule has 1 aliphatic heterocycles. The Kier molecular flexibility index (Phi) is 3.50. The van der Waals surface area contributed by atoms with Gasteiger partial charge in [0.1, 0.15) is 0 Å². The molecule has 3 aliphatic rings. The monoisotopic (exact) mass is 236 g/mol. The summed E-state index contributed by atoms with van der Waals surface area (Å²) in [6, 6.07) is 0. The Labute approximate surface area is 105 Å². The minimum Gasteiger partial charge on any atom is -0.449 e. The van der Waals surface area contributed by atoms with Gasteiger partial charge in [-0.2, -0.15) is 0 Å². The number of fused-ring (bicyclic) bond motifs is 1. The minimum atomic E-state index is -0.280. The Morgan fingerprint density at radius 3 is 1.65 bits per heavy atom. The van der Waals surface area contributed by atoms with Crippen LogP contribution in [0.3, 0.4) is 0 Å². The van der Waals surface area contributed by atoms with Gasteiger partial charge in [-0.05, 0) is 50.7 Å². The van der Waals surface area contributed by atoms with Gasteiger partial charge in [0.05, 0.1) is 0 Å². The first-order valence-corrected chi connectivity index (χ1v) is 6.98. The molecule has 0 radical (unpaired) electrons. The summed E-state index contributed by atoms with van der Waals surface area (Å²) in [6.45, 7) is 8.33. The first-order valence-electron chi connectivity index (χ1n) is 6.98. The van der Waals surface area contributed by atoms with Crippen LogP contribution < -0.4 is 0 Å². The van der Waals surface area contributed by atoms with Gasteiger partial charge in [-0.3, -0.25) is 0 Å². The van der Waals surface area contributed by atoms with Gasteiger partial charge in [0.2, 0.25) is 0 Å². The molecule has 2 heteroatoms. The zero-order valence-corrected chi connectivity index (χ0v) is 11.6. The molecule has 2 aliphatic carbocycles. The molecule has 3 rings (SSSR count). The molecule has 1 heterocycles. The van der Waals surface area contributed by atoms with Crippen LogP contribution in [0.4, 0.5) is 0 Å². The van der Waals surface area contributed by atoms with Crippen LogP contribution in [0.25, 0.3) is 0 Å². The summed E-state index contributed by atoms with van der Waals surface area (Å²) in [4.78, 5) is 0. The van der Waals surface area contributed by atoms with E-state index in [0.29, 0.717) is 0 Å². The molecule has 96 valence electrons. The van der Waals surface area contributed by atoms with E-state index in [9.17, 15) is 0 Å². The Morgan fingerprint density at radius 2 is 1.24 bits per heavy atom. The van der Waals surface area contributed by atoms with E-state index in [2.05, 4.69) is 13.8 Å². The molecule has 17 heavy (non-hydrogen) atoms. The molecule has 0 unspecified atom stereocenters. The van der Waals surface area contributed by atoms with Crippen molar-refractivity contribution in [2.45, 2.75) is 72.0 Å². The standard InChI is InChI=1S/C13H18O2.C2H6/c1-9-5-6-10(2)12-11(9)14-13(15-12)7-3-4-8-13;1-2/h3-8H2,1-2H3;1-2H3. The van der Waals surface area contributed by atoms with Gasteiger partial charge in [-0.1, -0.05) is 13.8 Å². The second-order valence-corrected chi connectivity index (χ2v) is 5.04. The fraction of sp³-hybridized carbons (Fsp3) is 0.733. The summed E-state index contributed by atoms with van der Waals surface area (Å²) in [5.74, 6) is 1.83. The van der Waals surface area contributed by atoms with E-state index in [1.54, 1.807) is 0 Å². The van der Waals surface area contributed by atoms with Gasteiger partial charge < -0.3 is 9.47 Å². The normalized spacial score (nSPS) is 25.2. The molecule has 1 spiro atoms. The number of hydrogen-bond donors (Lipinski definition) is 0. The molecular formula is C15H24O2. The van der Waals surface area contributed by atoms with E-state index in [1.165, 1.54) is 24.0 Å². The van der Waals surface area contributed by atoms with E-state index in [1.807, 2.05) is 13.8 Å². The van der Waals surface area contributed by atoms with Gasteiger partial charge >= 0.3 is 0 Å². The SMILES string of the molecule is CC.CC1=C2OC3(CCCC3)OC2=C(C)CC1. The summed E-state index contributed by atoms with van der Waals surface area (Å²) < 4.78 is 12.2. The summed E-state index contributed by atoms with van der Waals surface area (Å²) >= 11 is 0. The second-order valence-electron chi connectivity index (χ2n) is 5.04. The molecule has 0 aromatic rings. The molecule has 0 aromatic carbocycles. The third-order valence-electron chi connectivity index (χ3n) is 3.80. The van der Waals surface area contributed by atoms with Crippen molar-refractivity contribution in [3.63, 3.8) is 0 Å². The number of ether oxygens (including phenoxy) is 2. The second kappa shape index (κ2) is 4.75. The van der Waals surface area contributed by atoms with Crippen LogP contribution in [-0.4, -0.2) is 5.79 Å². The third-order valence-corrected chi connectivity index (χ3v) is 3.80. The van der Waals surface area contributed by atoms with Crippen molar-refractivity contribution in [1.29, 1.82) is 0 Å². The predicted molar refractivity (Wildman–Crippen MR) is 69.4 cm³/mol. The topological polar surface area (TPSA) is 18.5 Å². The summed E-state index contributed by atoms with van der Waals surface area (Å²) in [7, 11) is 0. The maximum atomic E-state index is 6.10. The Bertz CT molecular complexity index is 327. The van der Waals surface area contributed by atoms with Crippen molar-refractivity contribution in [1.82, 2.24) is 0 Å². The van der Waals surface area contributed by atoms with Crippen LogP contribution in [0.2, 0.25) is 0 Å². The van der Waals surface area contributed by atoms with Crippen molar-refractivity contribution in [3.05, 3.63) is 22.7 Å². The van der Waals surface area contributed by atoms with E-state index in [-0.39, 0.29) is 5.79 Å². The van der Waals surface area contributed by atoms with Crippen LogP contribution >= 0.6 is 0 Å². The van der Waals surface area contributed by atoms with Crippen molar-refractivity contribution >= 4 is 0 Å². The van der Waals surface area contributed by atoms with E-state index in [4.69, 9.17) is 9.47 Å². The average molecular weight is 236 g/mol. The predicted octanol–water partition coefficient (Wildman–Crippen LogP) is 4.67. The molecule has 0 atom stereocenters. The highest BCUT2D eigenvalue weighted by molar-refractivity contribution is 5.36. The molecule has 0 N–H and O–H groups in total. The number of rotatable bonds is 0. The van der Waals surface area contributed by atoms with Crippen molar-refractivity contribution in [2.24, 2.45) is 0 Å². The van der Waals surface area contributed by atoms with Crippen LogP contribution in [0, 0.1) is 0 Å². The smallest absolute Gasteiger partial charge is 0.251 e. The maximum absolute atomic E-state index is 6.10. The molecule has 0 amide bonds. The first kappa shape index (κ1) is 12.5. The summed E-state index contributed by atoms with van der Waals surface area (Å²) in [5, 5.41) is 0. The highest BCUT2D eigenvalue weighted by Gasteiger charge is 2.47. The largest absolute Gasteiger partial charge is 0.449 e. The highest BCUT2D eigenvalue weighted by atomic mass is 16.7. The zero-order chi connectivity index (χ0) is 12.5. The number of allylic oxidation sites excluding steroid dienone is 2. The lowest BCUT2D eigenvalue weighted by molar-refractivity contribution is -0.130. The molecule has 2 nitrogen and oxygen atoms in total. The Balaban J connectivity index is 0.000000514. The highest BCUT2D eigenvalue weighted by Crippen LogP contribution is 2.49. The molecular weight excluding hydrogens is 212 g/mol. The fourth-order valence-electron chi connectivity index (χ4n) is 2.77. The van der Waals surface area contributed by atoms with E-state index in [0.717, 1.165) is 37.2 Å². The quantitative estimate of drug-likeness (QED) is 0.608.